The average molecular weight is 420 g/mol. The molecule has 1 aliphatic rings. The summed E-state index contributed by atoms with van der Waals surface area (Å²) in [5.41, 5.74) is 2.15. The quantitative estimate of drug-likeness (QED) is 0.673. The fourth-order valence-corrected chi connectivity index (χ4v) is 4.35. The maximum absolute atomic E-state index is 12.3. The Hall–Kier alpha value is -3.31. The van der Waals surface area contributed by atoms with Crippen molar-refractivity contribution >= 4 is 23.5 Å². The van der Waals surface area contributed by atoms with Gasteiger partial charge in [0, 0.05) is 11.8 Å². The number of amides is 1. The summed E-state index contributed by atoms with van der Waals surface area (Å²) in [6.45, 7) is 6.16. The topological polar surface area (TPSA) is 92.8 Å². The molecule has 7 nitrogen and oxygen atoms in total. The molecule has 0 spiro atoms. The Balaban J connectivity index is 1.64. The number of hydrogen-bond donors (Lipinski definition) is 1. The molecule has 1 aromatic carbocycles. The fraction of sp³-hybridized carbons (Fsp3) is 0.273. The van der Waals surface area contributed by atoms with Crippen molar-refractivity contribution in [2.24, 2.45) is 0 Å². The summed E-state index contributed by atoms with van der Waals surface area (Å²) < 4.78 is 7.64. The second-order valence-corrected chi connectivity index (χ2v) is 9.00. The van der Waals surface area contributed by atoms with Crippen LogP contribution in [-0.4, -0.2) is 26.4 Å². The van der Waals surface area contributed by atoms with E-state index in [-0.39, 0.29) is 22.6 Å². The standard InChI is InChI=1S/C22H21N5O2S/c1-22(2,3)27-20-17(12-25-27)19(30-13-18(28)26-20)14-6-8-16(9-7-14)29-21-15(11-23)5-4-10-24-21/h4-10,12,19H,13H2,1-3H3,(H,26,28)/t19-/m0/s1. The number of fused-ring (bicyclic) bond motifs is 1. The van der Waals surface area contributed by atoms with Gasteiger partial charge < -0.3 is 10.1 Å². The number of anilines is 1. The smallest absolute Gasteiger partial charge is 0.237 e. The van der Waals surface area contributed by atoms with Crippen LogP contribution < -0.4 is 10.1 Å². The Labute approximate surface area is 179 Å². The molecule has 0 bridgehead atoms. The highest BCUT2D eigenvalue weighted by molar-refractivity contribution is 8.00. The summed E-state index contributed by atoms with van der Waals surface area (Å²) in [6.07, 6.45) is 3.42. The lowest BCUT2D eigenvalue weighted by Gasteiger charge is -2.23. The van der Waals surface area contributed by atoms with Crippen molar-refractivity contribution < 1.29 is 9.53 Å². The minimum absolute atomic E-state index is 0.0334. The third-order valence-electron chi connectivity index (χ3n) is 4.64. The monoisotopic (exact) mass is 419 g/mol. The Morgan fingerprint density at radius 2 is 2.03 bits per heavy atom. The molecule has 1 atom stereocenters. The van der Waals surface area contributed by atoms with Gasteiger partial charge in [-0.15, -0.1) is 11.8 Å². The van der Waals surface area contributed by atoms with E-state index in [0.29, 0.717) is 17.1 Å². The largest absolute Gasteiger partial charge is 0.438 e. The molecule has 0 aliphatic carbocycles. The molecule has 1 N–H and O–H groups in total. The third-order valence-corrected chi connectivity index (χ3v) is 5.93. The fourth-order valence-electron chi connectivity index (χ4n) is 3.26. The number of nitriles is 1. The lowest BCUT2D eigenvalue weighted by atomic mass is 10.1. The highest BCUT2D eigenvalue weighted by Gasteiger charge is 2.30. The Morgan fingerprint density at radius 1 is 1.27 bits per heavy atom. The minimum atomic E-state index is -0.251. The Kier molecular flexibility index (Phi) is 5.22. The van der Waals surface area contributed by atoms with Crippen LogP contribution in [0.2, 0.25) is 0 Å². The van der Waals surface area contributed by atoms with E-state index < -0.39 is 0 Å². The second kappa shape index (κ2) is 7.84. The molecule has 30 heavy (non-hydrogen) atoms. The molecule has 4 rings (SSSR count). The SMILES string of the molecule is CC(C)(C)n1ncc2c1NC(=O)CS[C@H]2c1ccc(Oc2ncccc2C#N)cc1. The molecule has 0 saturated carbocycles. The van der Waals surface area contributed by atoms with Crippen LogP contribution in [-0.2, 0) is 10.3 Å². The van der Waals surface area contributed by atoms with Crippen molar-refractivity contribution in [1.29, 1.82) is 5.26 Å². The van der Waals surface area contributed by atoms with E-state index in [0.717, 1.165) is 16.9 Å². The van der Waals surface area contributed by atoms with Gasteiger partial charge in [-0.2, -0.15) is 10.4 Å². The van der Waals surface area contributed by atoms with Gasteiger partial charge in [0.1, 0.15) is 23.2 Å². The number of carbonyl (C=O) groups excluding carboxylic acids is 1. The van der Waals surface area contributed by atoms with Crippen molar-refractivity contribution in [2.45, 2.75) is 31.6 Å². The number of benzene rings is 1. The molecule has 1 amide bonds. The molecule has 1 aliphatic heterocycles. The predicted octanol–water partition coefficient (Wildman–Crippen LogP) is 4.47. The Morgan fingerprint density at radius 3 is 2.73 bits per heavy atom. The van der Waals surface area contributed by atoms with Gasteiger partial charge >= 0.3 is 0 Å². The van der Waals surface area contributed by atoms with Gasteiger partial charge in [-0.05, 0) is 50.6 Å². The number of thioether (sulfide) groups is 1. The number of pyridine rings is 1. The molecule has 3 aromatic rings. The molecule has 3 heterocycles. The average Bonchev–Trinajstić information content (AvgIpc) is 3.06. The van der Waals surface area contributed by atoms with E-state index in [1.165, 1.54) is 0 Å². The Bertz CT molecular complexity index is 1130. The van der Waals surface area contributed by atoms with E-state index >= 15 is 0 Å². The number of rotatable bonds is 3. The first-order chi connectivity index (χ1) is 14.4. The van der Waals surface area contributed by atoms with Crippen molar-refractivity contribution in [3.05, 3.63) is 65.5 Å². The van der Waals surface area contributed by atoms with E-state index in [9.17, 15) is 10.1 Å². The number of ether oxygens (including phenoxy) is 1. The van der Waals surface area contributed by atoms with Crippen LogP contribution in [0.25, 0.3) is 0 Å². The lowest BCUT2D eigenvalue weighted by Crippen LogP contribution is -2.27. The maximum Gasteiger partial charge on any atom is 0.237 e. The predicted molar refractivity (Wildman–Crippen MR) is 116 cm³/mol. The summed E-state index contributed by atoms with van der Waals surface area (Å²) in [5, 5.41) is 16.7. The highest BCUT2D eigenvalue weighted by atomic mass is 32.2. The third kappa shape index (κ3) is 3.89. The first-order valence-electron chi connectivity index (χ1n) is 9.49. The van der Waals surface area contributed by atoms with E-state index in [2.05, 4.69) is 42.2 Å². The van der Waals surface area contributed by atoms with Crippen LogP contribution in [0.3, 0.4) is 0 Å². The molecule has 0 saturated heterocycles. The normalized spacial score (nSPS) is 16.2. The highest BCUT2D eigenvalue weighted by Crippen LogP contribution is 2.43. The molecule has 2 aromatic heterocycles. The molecule has 0 unspecified atom stereocenters. The van der Waals surface area contributed by atoms with Gasteiger partial charge in [0.2, 0.25) is 11.8 Å². The van der Waals surface area contributed by atoms with E-state index in [4.69, 9.17) is 4.74 Å². The summed E-state index contributed by atoms with van der Waals surface area (Å²) in [6, 6.07) is 13.1. The zero-order chi connectivity index (χ0) is 21.3. The number of aromatic nitrogens is 3. The first-order valence-corrected chi connectivity index (χ1v) is 10.5. The van der Waals surface area contributed by atoms with E-state index in [1.807, 2.05) is 35.1 Å². The molecule has 8 heteroatoms. The summed E-state index contributed by atoms with van der Waals surface area (Å²) in [7, 11) is 0. The minimum Gasteiger partial charge on any atom is -0.438 e. The van der Waals surface area contributed by atoms with Crippen molar-refractivity contribution in [2.75, 3.05) is 11.1 Å². The first kappa shape index (κ1) is 20.0. The van der Waals surface area contributed by atoms with Crippen LogP contribution in [0, 0.1) is 11.3 Å². The number of nitrogens with zero attached hydrogens (tertiary/aromatic N) is 4. The van der Waals surface area contributed by atoms with Gasteiger partial charge in [0.15, 0.2) is 0 Å². The number of nitrogens with one attached hydrogen (secondary N) is 1. The lowest BCUT2D eigenvalue weighted by molar-refractivity contribution is -0.113. The van der Waals surface area contributed by atoms with Gasteiger partial charge in [0.25, 0.3) is 0 Å². The van der Waals surface area contributed by atoms with Crippen LogP contribution >= 0.6 is 11.8 Å². The summed E-state index contributed by atoms with van der Waals surface area (Å²) >= 11 is 1.57. The van der Waals surface area contributed by atoms with Crippen molar-refractivity contribution in [1.82, 2.24) is 14.8 Å². The van der Waals surface area contributed by atoms with Crippen LogP contribution in [0.1, 0.15) is 42.7 Å². The van der Waals surface area contributed by atoms with Gasteiger partial charge in [-0.25, -0.2) is 9.67 Å². The van der Waals surface area contributed by atoms with Gasteiger partial charge in [0.05, 0.1) is 22.7 Å². The van der Waals surface area contributed by atoms with Gasteiger partial charge in [-0.1, -0.05) is 12.1 Å². The summed E-state index contributed by atoms with van der Waals surface area (Å²) in [4.78, 5) is 16.4. The summed E-state index contributed by atoms with van der Waals surface area (Å²) in [5.74, 6) is 1.94. The van der Waals surface area contributed by atoms with Crippen LogP contribution in [0.5, 0.6) is 11.6 Å². The van der Waals surface area contributed by atoms with Crippen molar-refractivity contribution in [3.63, 3.8) is 0 Å². The van der Waals surface area contributed by atoms with Crippen molar-refractivity contribution in [3.8, 4) is 17.7 Å². The zero-order valence-corrected chi connectivity index (χ0v) is 17.7. The molecule has 0 fully saturated rings. The molecule has 152 valence electrons. The maximum atomic E-state index is 12.3. The number of hydrogen-bond acceptors (Lipinski definition) is 6. The van der Waals surface area contributed by atoms with E-state index in [1.54, 1.807) is 30.1 Å². The van der Waals surface area contributed by atoms with Crippen LogP contribution in [0.15, 0.2) is 48.8 Å². The van der Waals surface area contributed by atoms with Gasteiger partial charge in [-0.3, -0.25) is 4.79 Å². The second-order valence-electron chi connectivity index (χ2n) is 7.91. The molecular weight excluding hydrogens is 398 g/mol. The van der Waals surface area contributed by atoms with Crippen LogP contribution in [0.4, 0.5) is 5.82 Å². The molecule has 0 radical (unpaired) electrons. The molecular formula is C22H21N5O2S. The number of carbonyl (C=O) groups is 1. The zero-order valence-electron chi connectivity index (χ0n) is 16.9.